The third-order valence-corrected chi connectivity index (χ3v) is 5.14. The SMILES string of the molecule is COc1ccc(C(=O)O)cc1NS(=O)(=O)c1cc(C(F)(F)F)ccc1N(C)C. The molecule has 0 aliphatic rings. The van der Waals surface area contributed by atoms with Gasteiger partial charge in [0.25, 0.3) is 10.0 Å². The van der Waals surface area contributed by atoms with Crippen molar-refractivity contribution in [3.05, 3.63) is 47.5 Å². The summed E-state index contributed by atoms with van der Waals surface area (Å²) >= 11 is 0. The quantitative estimate of drug-likeness (QED) is 0.748. The molecule has 7 nitrogen and oxygen atoms in total. The second-order valence-corrected chi connectivity index (χ2v) is 7.55. The summed E-state index contributed by atoms with van der Waals surface area (Å²) in [4.78, 5) is 11.9. The monoisotopic (exact) mass is 418 g/mol. The van der Waals surface area contributed by atoms with E-state index in [0.717, 1.165) is 18.2 Å². The molecule has 0 amide bonds. The number of aromatic carboxylic acids is 1. The van der Waals surface area contributed by atoms with Gasteiger partial charge in [-0.25, -0.2) is 13.2 Å². The number of anilines is 2. The number of nitrogens with zero attached hydrogens (tertiary/aromatic N) is 1. The van der Waals surface area contributed by atoms with Gasteiger partial charge >= 0.3 is 12.1 Å². The Balaban J connectivity index is 2.62. The molecular weight excluding hydrogens is 401 g/mol. The Hall–Kier alpha value is -2.95. The van der Waals surface area contributed by atoms with Gasteiger partial charge in [0, 0.05) is 14.1 Å². The van der Waals surface area contributed by atoms with Crippen LogP contribution in [0.1, 0.15) is 15.9 Å². The largest absolute Gasteiger partial charge is 0.495 e. The van der Waals surface area contributed by atoms with Gasteiger partial charge in [-0.1, -0.05) is 0 Å². The molecule has 0 saturated heterocycles. The zero-order valence-electron chi connectivity index (χ0n) is 15.0. The molecule has 0 heterocycles. The van der Waals surface area contributed by atoms with Crippen LogP contribution < -0.4 is 14.4 Å². The standard InChI is InChI=1S/C17H17F3N2O5S/c1-22(2)13-6-5-11(17(18,19)20)9-15(13)28(25,26)21-12-8-10(16(23)24)4-7-14(12)27-3/h4-9,21H,1-3H3,(H,23,24). The molecule has 0 aliphatic carbocycles. The molecule has 0 spiro atoms. The molecule has 0 unspecified atom stereocenters. The number of hydrogen-bond donors (Lipinski definition) is 2. The molecule has 2 rings (SSSR count). The summed E-state index contributed by atoms with van der Waals surface area (Å²) in [5.41, 5.74) is -1.56. The van der Waals surface area contributed by atoms with Crippen molar-refractivity contribution in [2.75, 3.05) is 30.8 Å². The maximum absolute atomic E-state index is 13.1. The lowest BCUT2D eigenvalue weighted by molar-refractivity contribution is -0.137. The number of methoxy groups -OCH3 is 1. The van der Waals surface area contributed by atoms with Gasteiger partial charge in [0.1, 0.15) is 10.6 Å². The Kier molecular flexibility index (Phi) is 5.78. The molecule has 28 heavy (non-hydrogen) atoms. The van der Waals surface area contributed by atoms with E-state index >= 15 is 0 Å². The molecule has 2 aromatic carbocycles. The highest BCUT2D eigenvalue weighted by Crippen LogP contribution is 2.36. The number of carboxylic acid groups (broad SMARTS) is 1. The summed E-state index contributed by atoms with van der Waals surface area (Å²) in [5.74, 6) is -1.30. The van der Waals surface area contributed by atoms with Crippen molar-refractivity contribution in [2.45, 2.75) is 11.1 Å². The predicted octanol–water partition coefficient (Wildman–Crippen LogP) is 3.28. The van der Waals surface area contributed by atoms with Crippen molar-refractivity contribution < 1.29 is 36.2 Å². The van der Waals surface area contributed by atoms with Crippen molar-refractivity contribution in [1.29, 1.82) is 0 Å². The van der Waals surface area contributed by atoms with Crippen LogP contribution in [0.3, 0.4) is 0 Å². The minimum atomic E-state index is -4.74. The molecule has 2 N–H and O–H groups in total. The molecule has 0 radical (unpaired) electrons. The molecule has 11 heteroatoms. The van der Waals surface area contributed by atoms with E-state index in [1.54, 1.807) is 0 Å². The van der Waals surface area contributed by atoms with Gasteiger partial charge < -0.3 is 14.7 Å². The predicted molar refractivity (Wildman–Crippen MR) is 96.5 cm³/mol. The van der Waals surface area contributed by atoms with Crippen molar-refractivity contribution in [1.82, 2.24) is 0 Å². The summed E-state index contributed by atoms with van der Waals surface area (Å²) in [5, 5.41) is 9.08. The third kappa shape index (κ3) is 4.47. The van der Waals surface area contributed by atoms with Crippen molar-refractivity contribution in [2.24, 2.45) is 0 Å². The maximum atomic E-state index is 13.1. The molecule has 0 saturated carbocycles. The normalized spacial score (nSPS) is 11.8. The first-order valence-corrected chi connectivity index (χ1v) is 9.18. The van der Waals surface area contributed by atoms with Crippen LogP contribution in [0, 0.1) is 0 Å². The second kappa shape index (κ2) is 7.58. The summed E-state index contributed by atoms with van der Waals surface area (Å²) < 4.78 is 72.0. The van der Waals surface area contributed by atoms with Gasteiger partial charge in [0.05, 0.1) is 29.6 Å². The average molecular weight is 418 g/mol. The topological polar surface area (TPSA) is 95.9 Å². The van der Waals surface area contributed by atoms with Crippen molar-refractivity contribution >= 4 is 27.4 Å². The van der Waals surface area contributed by atoms with E-state index in [2.05, 4.69) is 4.72 Å². The molecule has 0 aromatic heterocycles. The Bertz CT molecular complexity index is 1000. The van der Waals surface area contributed by atoms with Gasteiger partial charge in [-0.3, -0.25) is 4.72 Å². The number of nitrogens with one attached hydrogen (secondary N) is 1. The van der Waals surface area contributed by atoms with E-state index in [1.165, 1.54) is 38.2 Å². The van der Waals surface area contributed by atoms with E-state index in [-0.39, 0.29) is 22.7 Å². The number of rotatable bonds is 6. The Labute approximate surface area is 159 Å². The Morgan fingerprint density at radius 2 is 1.79 bits per heavy atom. The number of carbonyl (C=O) groups is 1. The van der Waals surface area contributed by atoms with Crippen LogP contribution in [0.5, 0.6) is 5.75 Å². The summed E-state index contributed by atoms with van der Waals surface area (Å²) in [7, 11) is -0.313. The van der Waals surface area contributed by atoms with Crippen LogP contribution in [0.2, 0.25) is 0 Å². The smallest absolute Gasteiger partial charge is 0.416 e. The highest BCUT2D eigenvalue weighted by molar-refractivity contribution is 7.92. The summed E-state index contributed by atoms with van der Waals surface area (Å²) in [6.45, 7) is 0. The fourth-order valence-corrected chi connectivity index (χ4v) is 3.76. The molecule has 0 atom stereocenters. The first kappa shape index (κ1) is 21.4. The van der Waals surface area contributed by atoms with Gasteiger partial charge in [-0.2, -0.15) is 13.2 Å². The highest BCUT2D eigenvalue weighted by atomic mass is 32.2. The zero-order chi connectivity index (χ0) is 21.3. The fourth-order valence-electron chi connectivity index (χ4n) is 2.40. The van der Waals surface area contributed by atoms with Gasteiger partial charge in [-0.15, -0.1) is 0 Å². The molecule has 0 bridgehead atoms. The lowest BCUT2D eigenvalue weighted by Crippen LogP contribution is -2.20. The van der Waals surface area contributed by atoms with Gasteiger partial charge in [0.2, 0.25) is 0 Å². The fraction of sp³-hybridized carbons (Fsp3) is 0.235. The number of sulfonamides is 1. The number of alkyl halides is 3. The van der Waals surface area contributed by atoms with E-state index < -0.39 is 32.6 Å². The number of hydrogen-bond acceptors (Lipinski definition) is 5. The van der Waals surface area contributed by atoms with Crippen molar-refractivity contribution in [3.63, 3.8) is 0 Å². The van der Waals surface area contributed by atoms with E-state index in [0.29, 0.717) is 6.07 Å². The van der Waals surface area contributed by atoms with Crippen LogP contribution in [0.4, 0.5) is 24.5 Å². The number of benzene rings is 2. The minimum Gasteiger partial charge on any atom is -0.495 e. The zero-order valence-corrected chi connectivity index (χ0v) is 15.9. The highest BCUT2D eigenvalue weighted by Gasteiger charge is 2.33. The van der Waals surface area contributed by atoms with E-state index in [1.807, 2.05) is 0 Å². The van der Waals surface area contributed by atoms with Gasteiger partial charge in [-0.05, 0) is 36.4 Å². The van der Waals surface area contributed by atoms with E-state index in [9.17, 15) is 26.4 Å². The first-order valence-electron chi connectivity index (χ1n) is 7.69. The molecule has 2 aromatic rings. The molecule has 0 fully saturated rings. The van der Waals surface area contributed by atoms with Gasteiger partial charge in [0.15, 0.2) is 0 Å². The molecular formula is C17H17F3N2O5S. The Morgan fingerprint density at radius 3 is 2.29 bits per heavy atom. The maximum Gasteiger partial charge on any atom is 0.416 e. The van der Waals surface area contributed by atoms with E-state index in [4.69, 9.17) is 9.84 Å². The second-order valence-electron chi connectivity index (χ2n) is 5.90. The summed E-state index contributed by atoms with van der Waals surface area (Å²) in [6.07, 6.45) is -4.74. The number of carboxylic acids is 1. The minimum absolute atomic E-state index is 0.00644. The molecule has 0 aliphatic heterocycles. The lowest BCUT2D eigenvalue weighted by atomic mass is 10.2. The lowest BCUT2D eigenvalue weighted by Gasteiger charge is -2.20. The Morgan fingerprint density at radius 1 is 1.14 bits per heavy atom. The van der Waals surface area contributed by atoms with Crippen molar-refractivity contribution in [3.8, 4) is 5.75 Å². The van der Waals surface area contributed by atoms with Crippen LogP contribution in [-0.4, -0.2) is 40.7 Å². The van der Waals surface area contributed by atoms with Crippen LogP contribution in [0.25, 0.3) is 0 Å². The first-order chi connectivity index (χ1) is 12.9. The third-order valence-electron chi connectivity index (χ3n) is 3.75. The summed E-state index contributed by atoms with van der Waals surface area (Å²) in [6, 6.07) is 5.80. The average Bonchev–Trinajstić information content (AvgIpc) is 2.59. The van der Waals surface area contributed by atoms with Crippen LogP contribution in [0.15, 0.2) is 41.3 Å². The number of ether oxygens (including phenoxy) is 1. The van der Waals surface area contributed by atoms with Crippen LogP contribution in [-0.2, 0) is 16.2 Å². The number of halogens is 3. The molecule has 152 valence electrons. The van der Waals surface area contributed by atoms with Crippen LogP contribution >= 0.6 is 0 Å².